The smallest absolute Gasteiger partial charge is 0.306 e. The van der Waals surface area contributed by atoms with Crippen molar-refractivity contribution >= 4 is 11.9 Å². The first-order valence-electron chi connectivity index (χ1n) is 8.00. The molecule has 0 unspecified atom stereocenters. The molecule has 0 spiro atoms. The lowest BCUT2D eigenvalue weighted by Crippen LogP contribution is -2.34. The maximum Gasteiger partial charge on any atom is 0.306 e. The Hall–Kier alpha value is -2.39. The van der Waals surface area contributed by atoms with E-state index in [-0.39, 0.29) is 31.8 Å². The zero-order valence-corrected chi connectivity index (χ0v) is 14.1. The van der Waals surface area contributed by atoms with E-state index in [0.29, 0.717) is 19.7 Å². The highest BCUT2D eigenvalue weighted by Gasteiger charge is 2.15. The predicted molar refractivity (Wildman–Crippen MR) is 89.0 cm³/mol. The van der Waals surface area contributed by atoms with Crippen molar-refractivity contribution in [3.63, 3.8) is 0 Å². The summed E-state index contributed by atoms with van der Waals surface area (Å²) in [5.41, 5.74) is 1.13. The number of amides is 1. The fraction of sp³-hybridized carbons (Fsp3) is 0.500. The number of carbonyl (C=O) groups is 2. The lowest BCUT2D eigenvalue weighted by atomic mass is 10.1. The molecule has 0 aliphatic rings. The van der Waals surface area contributed by atoms with Gasteiger partial charge >= 0.3 is 5.97 Å². The molecule has 0 saturated heterocycles. The van der Waals surface area contributed by atoms with Crippen LogP contribution in [-0.4, -0.2) is 50.2 Å². The number of nitrogens with zero attached hydrogens (tertiary/aromatic N) is 2. The largest absolute Gasteiger partial charge is 0.463 e. The van der Waals surface area contributed by atoms with Gasteiger partial charge in [-0.05, 0) is 12.0 Å². The molecule has 0 N–H and O–H groups in total. The first-order chi connectivity index (χ1) is 11.7. The van der Waals surface area contributed by atoms with Crippen LogP contribution in [-0.2, 0) is 25.5 Å². The van der Waals surface area contributed by atoms with Crippen LogP contribution in [0.2, 0.25) is 0 Å². The second-order valence-electron chi connectivity index (χ2n) is 5.24. The molecule has 130 valence electrons. The third kappa shape index (κ3) is 8.30. The minimum absolute atomic E-state index is 0.0386. The molecule has 0 radical (unpaired) electrons. The van der Waals surface area contributed by atoms with Crippen LogP contribution in [0.5, 0.6) is 0 Å². The minimum atomic E-state index is -0.413. The van der Waals surface area contributed by atoms with E-state index >= 15 is 0 Å². The predicted octanol–water partition coefficient (Wildman–Crippen LogP) is 1.94. The molecule has 0 aliphatic carbocycles. The van der Waals surface area contributed by atoms with Gasteiger partial charge in [0.1, 0.15) is 6.61 Å². The van der Waals surface area contributed by atoms with Crippen molar-refractivity contribution in [3.8, 4) is 6.07 Å². The van der Waals surface area contributed by atoms with Gasteiger partial charge in [0.05, 0.1) is 25.5 Å². The first-order valence-corrected chi connectivity index (χ1v) is 8.00. The van der Waals surface area contributed by atoms with Crippen molar-refractivity contribution in [2.45, 2.75) is 25.7 Å². The minimum Gasteiger partial charge on any atom is -0.463 e. The average molecular weight is 332 g/mol. The molecule has 0 saturated carbocycles. The van der Waals surface area contributed by atoms with E-state index in [9.17, 15) is 9.59 Å². The zero-order chi connectivity index (χ0) is 17.6. The third-order valence-electron chi connectivity index (χ3n) is 3.45. The molecule has 0 aliphatic heterocycles. The molecule has 24 heavy (non-hydrogen) atoms. The Kier molecular flexibility index (Phi) is 9.90. The van der Waals surface area contributed by atoms with Crippen LogP contribution in [0.25, 0.3) is 0 Å². The summed E-state index contributed by atoms with van der Waals surface area (Å²) in [7, 11) is 1.52. The van der Waals surface area contributed by atoms with Crippen molar-refractivity contribution in [2.75, 3.05) is 33.4 Å². The Bertz CT molecular complexity index is 540. The molecule has 1 aromatic carbocycles. The fourth-order valence-corrected chi connectivity index (χ4v) is 2.13. The molecular formula is C18H24N2O4. The summed E-state index contributed by atoms with van der Waals surface area (Å²) in [6.07, 6.45) is 1.12. The van der Waals surface area contributed by atoms with Crippen LogP contribution in [0.3, 0.4) is 0 Å². The highest BCUT2D eigenvalue weighted by atomic mass is 16.6. The normalized spacial score (nSPS) is 10.0. The quantitative estimate of drug-likeness (QED) is 0.457. The lowest BCUT2D eigenvalue weighted by Gasteiger charge is -2.21. The summed E-state index contributed by atoms with van der Waals surface area (Å²) < 4.78 is 9.73. The maximum atomic E-state index is 12.3. The molecule has 0 atom stereocenters. The van der Waals surface area contributed by atoms with Gasteiger partial charge in [0.15, 0.2) is 0 Å². The van der Waals surface area contributed by atoms with Gasteiger partial charge < -0.3 is 14.4 Å². The highest BCUT2D eigenvalue weighted by molar-refractivity contribution is 5.81. The Morgan fingerprint density at radius 2 is 1.88 bits per heavy atom. The molecule has 6 nitrogen and oxygen atoms in total. The number of esters is 1. The molecule has 1 rings (SSSR count). The second kappa shape index (κ2) is 12.1. The number of hydrogen-bond donors (Lipinski definition) is 0. The zero-order valence-electron chi connectivity index (χ0n) is 14.1. The number of nitriles is 1. The van der Waals surface area contributed by atoms with E-state index in [2.05, 4.69) is 6.07 Å². The van der Waals surface area contributed by atoms with E-state index < -0.39 is 5.97 Å². The summed E-state index contributed by atoms with van der Waals surface area (Å²) >= 11 is 0. The molecular weight excluding hydrogens is 308 g/mol. The van der Waals surface area contributed by atoms with Gasteiger partial charge in [0, 0.05) is 26.6 Å². The monoisotopic (exact) mass is 332 g/mol. The Morgan fingerprint density at radius 1 is 1.12 bits per heavy atom. The number of rotatable bonds is 11. The van der Waals surface area contributed by atoms with Gasteiger partial charge in [-0.3, -0.25) is 9.59 Å². The van der Waals surface area contributed by atoms with Gasteiger partial charge in [0.2, 0.25) is 5.91 Å². The Balaban J connectivity index is 2.43. The van der Waals surface area contributed by atoms with Crippen molar-refractivity contribution < 1.29 is 19.1 Å². The van der Waals surface area contributed by atoms with Crippen molar-refractivity contribution in [2.24, 2.45) is 0 Å². The van der Waals surface area contributed by atoms with E-state index in [0.717, 1.165) is 12.0 Å². The number of carbonyl (C=O) groups excluding carboxylic acids is 2. The average Bonchev–Trinajstić information content (AvgIpc) is 2.61. The maximum absolute atomic E-state index is 12.3. The standard InChI is InChI=1S/C18H24N2O4/c1-23-14-15-24-18(22)9-8-17(21)20(12-5-11-19)13-10-16-6-3-2-4-7-16/h2-4,6-7H,5,8-10,12-15H2,1H3. The Labute approximate surface area is 143 Å². The van der Waals surface area contributed by atoms with Crippen molar-refractivity contribution in [1.82, 2.24) is 4.90 Å². The molecule has 0 bridgehead atoms. The summed E-state index contributed by atoms with van der Waals surface area (Å²) in [6.45, 7) is 1.44. The van der Waals surface area contributed by atoms with Crippen LogP contribution in [0.1, 0.15) is 24.8 Å². The first kappa shape index (κ1) is 19.7. The van der Waals surface area contributed by atoms with Gasteiger partial charge in [-0.2, -0.15) is 5.26 Å². The number of hydrogen-bond acceptors (Lipinski definition) is 5. The van der Waals surface area contributed by atoms with E-state index in [1.807, 2.05) is 30.3 Å². The number of benzene rings is 1. The second-order valence-corrected chi connectivity index (χ2v) is 5.24. The summed E-state index contributed by atoms with van der Waals surface area (Å²) in [5, 5.41) is 8.75. The molecule has 6 heteroatoms. The van der Waals surface area contributed by atoms with Crippen molar-refractivity contribution in [1.29, 1.82) is 5.26 Å². The SMILES string of the molecule is COCCOC(=O)CCC(=O)N(CCC#N)CCc1ccccc1. The summed E-state index contributed by atoms with van der Waals surface area (Å²) in [4.78, 5) is 25.5. The molecule has 1 aromatic rings. The third-order valence-corrected chi connectivity index (χ3v) is 3.45. The fourth-order valence-electron chi connectivity index (χ4n) is 2.13. The molecule has 0 fully saturated rings. The van der Waals surface area contributed by atoms with Gasteiger partial charge in [0.25, 0.3) is 0 Å². The number of methoxy groups -OCH3 is 1. The van der Waals surface area contributed by atoms with E-state index in [4.69, 9.17) is 14.7 Å². The van der Waals surface area contributed by atoms with Crippen LogP contribution in [0.4, 0.5) is 0 Å². The van der Waals surface area contributed by atoms with Crippen molar-refractivity contribution in [3.05, 3.63) is 35.9 Å². The van der Waals surface area contributed by atoms with Gasteiger partial charge in [-0.25, -0.2) is 0 Å². The molecule has 1 amide bonds. The van der Waals surface area contributed by atoms with E-state index in [1.54, 1.807) is 4.90 Å². The van der Waals surface area contributed by atoms with Crippen LogP contribution in [0, 0.1) is 11.3 Å². The highest BCUT2D eigenvalue weighted by Crippen LogP contribution is 2.05. The summed E-state index contributed by atoms with van der Waals surface area (Å²) in [5.74, 6) is -0.548. The van der Waals surface area contributed by atoms with Crippen LogP contribution < -0.4 is 0 Å². The van der Waals surface area contributed by atoms with Crippen LogP contribution >= 0.6 is 0 Å². The molecule has 0 heterocycles. The lowest BCUT2D eigenvalue weighted by molar-refractivity contribution is -0.147. The van der Waals surface area contributed by atoms with E-state index in [1.165, 1.54) is 7.11 Å². The topological polar surface area (TPSA) is 79.6 Å². The number of ether oxygens (including phenoxy) is 2. The van der Waals surface area contributed by atoms with Crippen LogP contribution in [0.15, 0.2) is 30.3 Å². The van der Waals surface area contributed by atoms with Gasteiger partial charge in [-0.15, -0.1) is 0 Å². The Morgan fingerprint density at radius 3 is 2.54 bits per heavy atom. The molecule has 0 aromatic heterocycles. The van der Waals surface area contributed by atoms with Gasteiger partial charge in [-0.1, -0.05) is 30.3 Å². The summed E-state index contributed by atoms with van der Waals surface area (Å²) in [6, 6.07) is 11.9.